The minimum atomic E-state index is -6.09. The van der Waals surface area contributed by atoms with Crippen LogP contribution < -0.4 is 4.48 Å². The Morgan fingerprint density at radius 2 is 1.39 bits per heavy atom. The molecule has 1 aromatic rings. The van der Waals surface area contributed by atoms with Crippen molar-refractivity contribution in [3.05, 3.63) is 30.3 Å². The third-order valence-electron chi connectivity index (χ3n) is 1.81. The fourth-order valence-electron chi connectivity index (χ4n) is 0.875. The Hall–Kier alpha value is -1.12. The van der Waals surface area contributed by atoms with Crippen LogP contribution in [0.5, 0.6) is 0 Å². The van der Waals surface area contributed by atoms with Crippen LogP contribution in [-0.2, 0) is 10.1 Å². The van der Waals surface area contributed by atoms with E-state index in [1.807, 2.05) is 6.07 Å². The summed E-state index contributed by atoms with van der Waals surface area (Å²) in [5.41, 5.74) is -4.31. The summed E-state index contributed by atoms with van der Waals surface area (Å²) in [5.74, 6) is 0. The number of benzene rings is 1. The van der Waals surface area contributed by atoms with E-state index in [-0.39, 0.29) is 0 Å². The van der Waals surface area contributed by atoms with E-state index < -0.39 is 15.6 Å². The first-order chi connectivity index (χ1) is 7.86. The molecule has 0 saturated carbocycles. The molecule has 0 aliphatic heterocycles. The predicted octanol–water partition coefficient (Wildman–Crippen LogP) is 1.93. The zero-order valence-corrected chi connectivity index (χ0v) is 10.9. The summed E-state index contributed by atoms with van der Waals surface area (Å²) in [6.45, 7) is 0. The number of quaternary nitrogens is 1. The summed E-state index contributed by atoms with van der Waals surface area (Å²) in [6.07, 6.45) is 0. The predicted molar refractivity (Wildman–Crippen MR) is 61.8 cm³/mol. The van der Waals surface area contributed by atoms with Crippen LogP contribution in [0.2, 0.25) is 0 Å². The Bertz CT molecular complexity index is 463. The average molecular weight is 285 g/mol. The van der Waals surface area contributed by atoms with Gasteiger partial charge >= 0.3 is 5.51 Å². The molecule has 0 aliphatic rings. The zero-order chi connectivity index (χ0) is 14.6. The molecule has 4 nitrogen and oxygen atoms in total. The van der Waals surface area contributed by atoms with Gasteiger partial charge in [-0.25, -0.2) is 8.42 Å². The fourth-order valence-corrected chi connectivity index (χ4v) is 0.875. The van der Waals surface area contributed by atoms with Gasteiger partial charge in [0.25, 0.3) is 0 Å². The van der Waals surface area contributed by atoms with Crippen LogP contribution in [-0.4, -0.2) is 39.6 Å². The lowest BCUT2D eigenvalue weighted by atomic mass is 10.3. The van der Waals surface area contributed by atoms with Crippen LogP contribution >= 0.6 is 0 Å². The molecule has 1 rings (SSSR count). The van der Waals surface area contributed by atoms with E-state index in [1.54, 1.807) is 0 Å². The van der Waals surface area contributed by atoms with Crippen LogP contribution in [0.3, 0.4) is 0 Å². The van der Waals surface area contributed by atoms with Crippen LogP contribution in [0.15, 0.2) is 30.3 Å². The maximum Gasteiger partial charge on any atom is 0.485 e. The van der Waals surface area contributed by atoms with E-state index in [1.165, 1.54) is 5.69 Å². The largest absolute Gasteiger partial charge is 0.741 e. The topological polar surface area (TPSA) is 57.2 Å². The molecule has 0 saturated heterocycles. The number of alkyl halides is 3. The molecule has 0 bridgehead atoms. The second-order valence-electron chi connectivity index (χ2n) is 4.25. The lowest BCUT2D eigenvalue weighted by Gasteiger charge is -2.22. The van der Waals surface area contributed by atoms with E-state index >= 15 is 0 Å². The minimum absolute atomic E-state index is 0.890. The highest BCUT2D eigenvalue weighted by atomic mass is 32.2. The summed E-state index contributed by atoms with van der Waals surface area (Å²) in [7, 11) is 0.396. The molecule has 0 N–H and O–H groups in total. The molecular weight excluding hydrogens is 271 g/mol. The lowest BCUT2D eigenvalue weighted by Crippen LogP contribution is -2.34. The maximum absolute atomic E-state index is 10.7. The molecule has 0 fully saturated rings. The first-order valence-corrected chi connectivity index (χ1v) is 6.16. The standard InChI is InChI=1S/C9H14N.CHF3O3S/c1-10(2,3)9-7-5-4-6-8-9;2-1(3,4)8(5,6)7/h4-8H,1-3H3;(H,5,6,7)/q+1;/p-1. The lowest BCUT2D eigenvalue weighted by molar-refractivity contribution is -0.0517. The molecule has 104 valence electrons. The molecule has 1 aromatic carbocycles. The zero-order valence-electron chi connectivity index (χ0n) is 10.1. The highest BCUT2D eigenvalue weighted by Gasteiger charge is 2.36. The summed E-state index contributed by atoms with van der Waals surface area (Å²) >= 11 is 0. The molecule has 0 unspecified atom stereocenters. The Morgan fingerprint density at radius 1 is 1.06 bits per heavy atom. The van der Waals surface area contributed by atoms with Gasteiger partial charge in [-0.1, -0.05) is 18.2 Å². The van der Waals surface area contributed by atoms with Gasteiger partial charge in [-0.3, -0.25) is 4.48 Å². The van der Waals surface area contributed by atoms with Crippen molar-refractivity contribution in [3.8, 4) is 0 Å². The smallest absolute Gasteiger partial charge is 0.485 e. The summed E-state index contributed by atoms with van der Waals surface area (Å²) < 4.78 is 59.8. The minimum Gasteiger partial charge on any atom is -0.741 e. The molecule has 0 atom stereocenters. The van der Waals surface area contributed by atoms with Crippen molar-refractivity contribution in [1.29, 1.82) is 0 Å². The van der Waals surface area contributed by atoms with Gasteiger partial charge in [0.15, 0.2) is 10.1 Å². The molecule has 0 radical (unpaired) electrons. The Kier molecular flexibility index (Phi) is 5.33. The summed E-state index contributed by atoms with van der Waals surface area (Å²) in [4.78, 5) is 0. The number of rotatable bonds is 1. The fraction of sp³-hybridized carbons (Fsp3) is 0.400. The second-order valence-corrected chi connectivity index (χ2v) is 5.62. The third kappa shape index (κ3) is 5.99. The number of nitrogens with zero attached hydrogens (tertiary/aromatic N) is 1. The SMILES string of the molecule is C[N+](C)(C)c1ccccc1.O=S(=O)([O-])C(F)(F)F. The van der Waals surface area contributed by atoms with Crippen molar-refractivity contribution in [2.45, 2.75) is 5.51 Å². The van der Waals surface area contributed by atoms with Gasteiger partial charge in [-0.2, -0.15) is 13.2 Å². The van der Waals surface area contributed by atoms with Crippen LogP contribution in [0, 0.1) is 0 Å². The monoisotopic (exact) mass is 285 g/mol. The number of hydrogen-bond acceptors (Lipinski definition) is 3. The third-order valence-corrected chi connectivity index (χ3v) is 2.38. The van der Waals surface area contributed by atoms with Crippen molar-refractivity contribution in [3.63, 3.8) is 0 Å². The Labute approximate surface area is 104 Å². The number of para-hydroxylation sites is 1. The summed E-state index contributed by atoms with van der Waals surface area (Å²) in [5, 5.41) is 0. The van der Waals surface area contributed by atoms with Crippen LogP contribution in [0.4, 0.5) is 18.9 Å². The Morgan fingerprint density at radius 3 is 1.56 bits per heavy atom. The van der Waals surface area contributed by atoms with Gasteiger partial charge in [0, 0.05) is 0 Å². The molecule has 8 heteroatoms. The van der Waals surface area contributed by atoms with Gasteiger partial charge in [0.2, 0.25) is 0 Å². The quantitative estimate of drug-likeness (QED) is 0.450. The number of hydrogen-bond donors (Lipinski definition) is 0. The Balaban J connectivity index is 0.000000331. The van der Waals surface area contributed by atoms with Crippen molar-refractivity contribution in [2.24, 2.45) is 0 Å². The van der Waals surface area contributed by atoms with Gasteiger partial charge < -0.3 is 4.55 Å². The average Bonchev–Trinajstić information content (AvgIpc) is 2.15. The van der Waals surface area contributed by atoms with E-state index in [4.69, 9.17) is 13.0 Å². The van der Waals surface area contributed by atoms with Crippen molar-refractivity contribution in [2.75, 3.05) is 21.1 Å². The van der Waals surface area contributed by atoms with Gasteiger partial charge in [-0.05, 0) is 12.1 Å². The number of halogens is 3. The molecule has 0 heterocycles. The maximum atomic E-state index is 10.7. The van der Waals surface area contributed by atoms with E-state index in [0.29, 0.717) is 0 Å². The molecule has 18 heavy (non-hydrogen) atoms. The second kappa shape index (κ2) is 5.68. The van der Waals surface area contributed by atoms with Crippen molar-refractivity contribution in [1.82, 2.24) is 4.48 Å². The van der Waals surface area contributed by atoms with Gasteiger partial charge in [-0.15, -0.1) is 0 Å². The first kappa shape index (κ1) is 16.9. The molecule has 0 spiro atoms. The first-order valence-electron chi connectivity index (χ1n) is 4.75. The molecule has 0 amide bonds. The molecular formula is C10H14F3NO3S. The molecule has 0 aliphatic carbocycles. The highest BCUT2D eigenvalue weighted by molar-refractivity contribution is 7.86. The van der Waals surface area contributed by atoms with Crippen LogP contribution in [0.1, 0.15) is 0 Å². The van der Waals surface area contributed by atoms with Gasteiger partial charge in [0.05, 0.1) is 21.1 Å². The van der Waals surface area contributed by atoms with Crippen molar-refractivity contribution >= 4 is 15.8 Å². The molecule has 0 aromatic heterocycles. The highest BCUT2D eigenvalue weighted by Crippen LogP contribution is 2.20. The van der Waals surface area contributed by atoms with Crippen molar-refractivity contribution < 1.29 is 26.1 Å². The van der Waals surface area contributed by atoms with E-state index in [0.717, 1.165) is 4.48 Å². The van der Waals surface area contributed by atoms with Gasteiger partial charge in [0.1, 0.15) is 5.69 Å². The summed E-state index contributed by atoms with van der Waals surface area (Å²) in [6, 6.07) is 10.5. The van der Waals surface area contributed by atoms with E-state index in [9.17, 15) is 13.2 Å². The van der Waals surface area contributed by atoms with E-state index in [2.05, 4.69) is 45.4 Å². The van der Waals surface area contributed by atoms with Crippen LogP contribution in [0.25, 0.3) is 0 Å². The normalized spacial score (nSPS) is 12.6.